The summed E-state index contributed by atoms with van der Waals surface area (Å²) in [5.41, 5.74) is 2.54. The van der Waals surface area contributed by atoms with E-state index in [1.165, 1.54) is 24.1 Å². The van der Waals surface area contributed by atoms with Crippen LogP contribution in [0.2, 0.25) is 0 Å². The predicted octanol–water partition coefficient (Wildman–Crippen LogP) is 3.22. The van der Waals surface area contributed by atoms with Gasteiger partial charge in [-0.1, -0.05) is 19.9 Å². The molecule has 1 N–H and O–H groups in total. The van der Waals surface area contributed by atoms with Crippen molar-refractivity contribution < 1.29 is 4.74 Å². The zero-order valence-corrected chi connectivity index (χ0v) is 13.3. The topological polar surface area (TPSA) is 24.5 Å². The second-order valence-electron chi connectivity index (χ2n) is 5.95. The van der Waals surface area contributed by atoms with E-state index in [2.05, 4.69) is 49.2 Å². The lowest BCUT2D eigenvalue weighted by Gasteiger charge is -2.39. The van der Waals surface area contributed by atoms with E-state index in [0.717, 1.165) is 25.4 Å². The highest BCUT2D eigenvalue weighted by Gasteiger charge is 2.26. The molecule has 0 aromatic heterocycles. The lowest BCUT2D eigenvalue weighted by molar-refractivity contribution is 0.320. The third-order valence-electron chi connectivity index (χ3n) is 4.24. The number of rotatable bonds is 5. The molecule has 1 aliphatic heterocycles. The highest BCUT2D eigenvalue weighted by atomic mass is 16.5. The first-order valence-corrected chi connectivity index (χ1v) is 7.78. The van der Waals surface area contributed by atoms with E-state index in [1.54, 1.807) is 7.11 Å². The molecule has 1 aromatic rings. The third kappa shape index (κ3) is 3.45. The Kier molecular flexibility index (Phi) is 5.30. The Morgan fingerprint density at radius 1 is 1.40 bits per heavy atom. The van der Waals surface area contributed by atoms with Crippen LogP contribution in [0, 0.1) is 12.8 Å². The maximum Gasteiger partial charge on any atom is 0.142 e. The van der Waals surface area contributed by atoms with Gasteiger partial charge in [0.2, 0.25) is 0 Å². The molecule has 1 aliphatic rings. The summed E-state index contributed by atoms with van der Waals surface area (Å²) >= 11 is 0. The predicted molar refractivity (Wildman–Crippen MR) is 85.8 cm³/mol. The molecule has 112 valence electrons. The maximum atomic E-state index is 5.52. The van der Waals surface area contributed by atoms with Crippen LogP contribution < -0.4 is 15.0 Å². The molecule has 2 atom stereocenters. The molecule has 3 heteroatoms. The highest BCUT2D eigenvalue weighted by Crippen LogP contribution is 2.32. The van der Waals surface area contributed by atoms with Crippen LogP contribution in [0.1, 0.15) is 32.3 Å². The molecular weight excluding hydrogens is 248 g/mol. The number of methoxy groups -OCH3 is 1. The van der Waals surface area contributed by atoms with Gasteiger partial charge in [0.05, 0.1) is 12.8 Å². The zero-order chi connectivity index (χ0) is 14.5. The van der Waals surface area contributed by atoms with Gasteiger partial charge in [-0.15, -0.1) is 0 Å². The number of hydrogen-bond donors (Lipinski definition) is 1. The molecule has 1 saturated heterocycles. The molecule has 3 nitrogen and oxygen atoms in total. The average molecular weight is 276 g/mol. The quantitative estimate of drug-likeness (QED) is 0.893. The van der Waals surface area contributed by atoms with Crippen LogP contribution in [0.25, 0.3) is 0 Å². The van der Waals surface area contributed by atoms with Gasteiger partial charge in [-0.05, 0) is 49.9 Å². The number of nitrogens with zero attached hydrogens (tertiary/aromatic N) is 1. The zero-order valence-electron chi connectivity index (χ0n) is 13.3. The van der Waals surface area contributed by atoms with Gasteiger partial charge in [-0.25, -0.2) is 0 Å². The van der Waals surface area contributed by atoms with Crippen LogP contribution in [-0.4, -0.2) is 32.8 Å². The van der Waals surface area contributed by atoms with E-state index in [1.807, 2.05) is 0 Å². The summed E-state index contributed by atoms with van der Waals surface area (Å²) in [6, 6.07) is 7.09. The van der Waals surface area contributed by atoms with Crippen molar-refractivity contribution in [3.05, 3.63) is 23.8 Å². The Labute approximate surface area is 123 Å². The Morgan fingerprint density at radius 3 is 2.85 bits per heavy atom. The number of hydrogen-bond acceptors (Lipinski definition) is 3. The van der Waals surface area contributed by atoms with Gasteiger partial charge in [0.1, 0.15) is 5.75 Å². The smallest absolute Gasteiger partial charge is 0.142 e. The van der Waals surface area contributed by atoms with Crippen LogP contribution >= 0.6 is 0 Å². The van der Waals surface area contributed by atoms with E-state index in [9.17, 15) is 0 Å². The van der Waals surface area contributed by atoms with Gasteiger partial charge < -0.3 is 15.0 Å². The molecule has 20 heavy (non-hydrogen) atoms. The fourth-order valence-corrected chi connectivity index (χ4v) is 3.04. The largest absolute Gasteiger partial charge is 0.495 e. The Hall–Kier alpha value is -1.22. The van der Waals surface area contributed by atoms with Crippen LogP contribution in [0.5, 0.6) is 5.75 Å². The van der Waals surface area contributed by atoms with Gasteiger partial charge in [0.25, 0.3) is 0 Å². The Balaban J connectivity index is 2.07. The van der Waals surface area contributed by atoms with Gasteiger partial charge in [-0.3, -0.25) is 0 Å². The minimum absolute atomic E-state index is 0.655. The number of anilines is 1. The van der Waals surface area contributed by atoms with E-state index in [-0.39, 0.29) is 0 Å². The summed E-state index contributed by atoms with van der Waals surface area (Å²) in [6.07, 6.45) is 2.41. The molecule has 0 amide bonds. The maximum absolute atomic E-state index is 5.52. The lowest BCUT2D eigenvalue weighted by Crippen LogP contribution is -2.48. The Bertz CT molecular complexity index is 433. The van der Waals surface area contributed by atoms with Crippen LogP contribution in [0.3, 0.4) is 0 Å². The molecule has 1 aromatic carbocycles. The molecule has 2 rings (SSSR count). The molecule has 0 spiro atoms. The SMILES string of the molecule is CCCNC1CCN(c2cc(C)ccc2OC)CC1C. The van der Waals surface area contributed by atoms with Crippen molar-refractivity contribution in [2.75, 3.05) is 31.6 Å². The second kappa shape index (κ2) is 6.98. The number of ether oxygens (including phenoxy) is 1. The van der Waals surface area contributed by atoms with Gasteiger partial charge in [0, 0.05) is 19.1 Å². The molecule has 0 bridgehead atoms. The first-order valence-electron chi connectivity index (χ1n) is 7.78. The standard InChI is InChI=1S/C17H28N2O/c1-5-9-18-15-8-10-19(12-14(15)3)16-11-13(2)6-7-17(16)20-4/h6-7,11,14-15,18H,5,8-10,12H2,1-4H3. The van der Waals surface area contributed by atoms with Crippen molar-refractivity contribution in [1.29, 1.82) is 0 Å². The lowest BCUT2D eigenvalue weighted by atomic mass is 9.93. The number of piperidine rings is 1. The number of nitrogens with one attached hydrogen (secondary N) is 1. The van der Waals surface area contributed by atoms with Crippen molar-refractivity contribution in [3.8, 4) is 5.75 Å². The fraction of sp³-hybridized carbons (Fsp3) is 0.647. The third-order valence-corrected chi connectivity index (χ3v) is 4.24. The van der Waals surface area contributed by atoms with Crippen molar-refractivity contribution in [2.24, 2.45) is 5.92 Å². The minimum Gasteiger partial charge on any atom is -0.495 e. The van der Waals surface area contributed by atoms with Gasteiger partial charge in [0.15, 0.2) is 0 Å². The minimum atomic E-state index is 0.655. The normalized spacial score (nSPS) is 22.9. The summed E-state index contributed by atoms with van der Waals surface area (Å²) in [6.45, 7) is 10.0. The summed E-state index contributed by atoms with van der Waals surface area (Å²) < 4.78 is 5.52. The molecule has 0 radical (unpaired) electrons. The first-order chi connectivity index (χ1) is 9.65. The van der Waals surface area contributed by atoms with Crippen molar-refractivity contribution in [2.45, 2.75) is 39.7 Å². The van der Waals surface area contributed by atoms with E-state index < -0.39 is 0 Å². The number of benzene rings is 1. The molecular formula is C17H28N2O. The average Bonchev–Trinajstić information content (AvgIpc) is 2.46. The van der Waals surface area contributed by atoms with Gasteiger partial charge >= 0.3 is 0 Å². The number of aryl methyl sites for hydroxylation is 1. The summed E-state index contributed by atoms with van der Waals surface area (Å²) in [7, 11) is 1.76. The Morgan fingerprint density at radius 2 is 2.20 bits per heavy atom. The van der Waals surface area contributed by atoms with E-state index in [0.29, 0.717) is 12.0 Å². The molecule has 1 fully saturated rings. The van der Waals surface area contributed by atoms with Crippen LogP contribution in [0.4, 0.5) is 5.69 Å². The monoisotopic (exact) mass is 276 g/mol. The molecule has 1 heterocycles. The van der Waals surface area contributed by atoms with Gasteiger partial charge in [-0.2, -0.15) is 0 Å². The fourth-order valence-electron chi connectivity index (χ4n) is 3.04. The van der Waals surface area contributed by atoms with Crippen LogP contribution in [0.15, 0.2) is 18.2 Å². The summed E-state index contributed by atoms with van der Waals surface area (Å²) in [5, 5.41) is 3.68. The van der Waals surface area contributed by atoms with Crippen molar-refractivity contribution >= 4 is 5.69 Å². The highest BCUT2D eigenvalue weighted by molar-refractivity contribution is 5.60. The molecule has 0 saturated carbocycles. The molecule has 0 aliphatic carbocycles. The summed E-state index contributed by atoms with van der Waals surface area (Å²) in [4.78, 5) is 2.47. The van der Waals surface area contributed by atoms with E-state index in [4.69, 9.17) is 4.74 Å². The summed E-state index contributed by atoms with van der Waals surface area (Å²) in [5.74, 6) is 1.66. The first kappa shape index (κ1) is 15.2. The van der Waals surface area contributed by atoms with Crippen molar-refractivity contribution in [1.82, 2.24) is 5.32 Å². The van der Waals surface area contributed by atoms with E-state index >= 15 is 0 Å². The van der Waals surface area contributed by atoms with Crippen LogP contribution in [-0.2, 0) is 0 Å². The van der Waals surface area contributed by atoms with Crippen molar-refractivity contribution in [3.63, 3.8) is 0 Å². The molecule has 2 unspecified atom stereocenters. The second-order valence-corrected chi connectivity index (χ2v) is 5.95.